The van der Waals surface area contributed by atoms with Crippen molar-refractivity contribution in [3.63, 3.8) is 0 Å². The summed E-state index contributed by atoms with van der Waals surface area (Å²) in [5.74, 6) is -5.73. The van der Waals surface area contributed by atoms with Gasteiger partial charge in [-0.3, -0.25) is 29.2 Å². The molecular formula is C28H22ClF3N6O3. The molecule has 0 radical (unpaired) electrons. The van der Waals surface area contributed by atoms with E-state index in [2.05, 4.69) is 15.3 Å². The molecular weight excluding hydrogens is 561 g/mol. The van der Waals surface area contributed by atoms with Gasteiger partial charge in [0.1, 0.15) is 23.7 Å². The van der Waals surface area contributed by atoms with E-state index in [1.54, 1.807) is 12.1 Å². The van der Waals surface area contributed by atoms with E-state index in [4.69, 9.17) is 11.6 Å². The molecule has 3 aromatic rings. The molecule has 1 N–H and O–H groups in total. The van der Waals surface area contributed by atoms with Crippen molar-refractivity contribution in [3.05, 3.63) is 83.0 Å². The van der Waals surface area contributed by atoms with Crippen LogP contribution in [0.5, 0.6) is 0 Å². The predicted octanol–water partition coefficient (Wildman–Crippen LogP) is 4.32. The number of anilines is 2. The summed E-state index contributed by atoms with van der Waals surface area (Å²) in [6.45, 7) is 0. The highest BCUT2D eigenvalue weighted by Crippen LogP contribution is 2.39. The van der Waals surface area contributed by atoms with Crippen LogP contribution < -0.4 is 15.1 Å². The molecule has 0 bridgehead atoms. The van der Waals surface area contributed by atoms with Crippen LogP contribution in [-0.2, 0) is 14.4 Å². The number of alkyl halides is 2. The van der Waals surface area contributed by atoms with Crippen molar-refractivity contribution in [2.75, 3.05) is 9.80 Å². The minimum atomic E-state index is -2.92. The van der Waals surface area contributed by atoms with Crippen molar-refractivity contribution < 1.29 is 27.6 Å². The van der Waals surface area contributed by atoms with Crippen LogP contribution in [0.15, 0.2) is 61.1 Å². The van der Waals surface area contributed by atoms with E-state index in [9.17, 15) is 32.8 Å². The lowest BCUT2D eigenvalue weighted by molar-refractivity contribution is -0.133. The second kappa shape index (κ2) is 11.2. The fraction of sp³-hybridized carbons (Fsp3) is 0.286. The lowest BCUT2D eigenvalue weighted by Gasteiger charge is -2.39. The molecule has 1 aliphatic heterocycles. The van der Waals surface area contributed by atoms with Gasteiger partial charge in [-0.15, -0.1) is 0 Å². The van der Waals surface area contributed by atoms with Gasteiger partial charge in [0, 0.05) is 48.2 Å². The van der Waals surface area contributed by atoms with Gasteiger partial charge in [-0.05, 0) is 24.6 Å². The Morgan fingerprint density at radius 2 is 1.95 bits per heavy atom. The zero-order valence-corrected chi connectivity index (χ0v) is 22.1. The van der Waals surface area contributed by atoms with E-state index in [0.717, 1.165) is 22.1 Å². The van der Waals surface area contributed by atoms with Crippen molar-refractivity contribution in [1.29, 1.82) is 5.26 Å². The van der Waals surface area contributed by atoms with E-state index in [-0.39, 0.29) is 40.5 Å². The van der Waals surface area contributed by atoms with E-state index >= 15 is 0 Å². The normalized spacial score (nSPS) is 18.8. The molecule has 1 aromatic carbocycles. The Balaban J connectivity index is 1.61. The smallest absolute Gasteiger partial charge is 0.252 e. The highest BCUT2D eigenvalue weighted by atomic mass is 35.5. The zero-order valence-electron chi connectivity index (χ0n) is 21.3. The van der Waals surface area contributed by atoms with Gasteiger partial charge in [0.05, 0.1) is 29.7 Å². The van der Waals surface area contributed by atoms with E-state index < -0.39 is 60.4 Å². The first-order valence-electron chi connectivity index (χ1n) is 12.6. The summed E-state index contributed by atoms with van der Waals surface area (Å²) in [6, 6.07) is 8.32. The summed E-state index contributed by atoms with van der Waals surface area (Å²) in [5.41, 5.74) is 0.237. The van der Waals surface area contributed by atoms with Gasteiger partial charge in [0.2, 0.25) is 11.8 Å². The van der Waals surface area contributed by atoms with Crippen molar-refractivity contribution >= 4 is 40.8 Å². The van der Waals surface area contributed by atoms with Crippen LogP contribution in [0.3, 0.4) is 0 Å². The fourth-order valence-corrected chi connectivity index (χ4v) is 5.30. The summed E-state index contributed by atoms with van der Waals surface area (Å²) in [6.07, 6.45) is 2.25. The molecule has 0 spiro atoms. The van der Waals surface area contributed by atoms with E-state index in [0.29, 0.717) is 0 Å². The zero-order chi connectivity index (χ0) is 29.3. The van der Waals surface area contributed by atoms with Crippen LogP contribution in [0.4, 0.5) is 24.7 Å². The average molecular weight is 583 g/mol. The number of nitrogens with zero attached hydrogens (tertiary/aromatic N) is 5. The van der Waals surface area contributed by atoms with Gasteiger partial charge in [0.25, 0.3) is 11.8 Å². The minimum absolute atomic E-state index is 0.0288. The molecule has 5 rings (SSSR count). The van der Waals surface area contributed by atoms with Crippen LogP contribution in [0.1, 0.15) is 42.9 Å². The first kappa shape index (κ1) is 28.0. The monoisotopic (exact) mass is 582 g/mol. The Kier molecular flexibility index (Phi) is 7.64. The molecule has 3 heterocycles. The number of halogens is 4. The van der Waals surface area contributed by atoms with Gasteiger partial charge in [-0.25, -0.2) is 18.2 Å². The first-order valence-corrected chi connectivity index (χ1v) is 13.0. The predicted molar refractivity (Wildman–Crippen MR) is 141 cm³/mol. The molecule has 13 heteroatoms. The molecule has 1 aliphatic carbocycles. The Morgan fingerprint density at radius 3 is 2.63 bits per heavy atom. The Morgan fingerprint density at radius 1 is 1.20 bits per heavy atom. The lowest BCUT2D eigenvalue weighted by Crippen LogP contribution is -2.56. The SMILES string of the molecule is N#Cc1ccnc(N2C(=O)CCC2C(=O)N(c2cncc(F)c2)[C@H](C(=O)NC2CC(F)(F)C2)c2ccccc2Cl)c1. The second-order valence-electron chi connectivity index (χ2n) is 9.80. The van der Waals surface area contributed by atoms with Crippen molar-refractivity contribution in [2.24, 2.45) is 0 Å². The molecule has 2 aromatic heterocycles. The second-order valence-corrected chi connectivity index (χ2v) is 10.2. The summed E-state index contributed by atoms with van der Waals surface area (Å²) in [4.78, 5) is 51.2. The van der Waals surface area contributed by atoms with Crippen molar-refractivity contribution in [1.82, 2.24) is 15.3 Å². The Labute approximate surface area is 237 Å². The average Bonchev–Trinajstić information content (AvgIpc) is 3.32. The largest absolute Gasteiger partial charge is 0.351 e. The maximum absolute atomic E-state index is 14.4. The quantitative estimate of drug-likeness (QED) is 0.443. The number of aromatic nitrogens is 2. The molecule has 41 heavy (non-hydrogen) atoms. The number of benzene rings is 1. The van der Waals surface area contributed by atoms with Crippen LogP contribution in [0.2, 0.25) is 5.02 Å². The molecule has 210 valence electrons. The van der Waals surface area contributed by atoms with E-state index in [1.807, 2.05) is 6.07 Å². The van der Waals surface area contributed by atoms with Gasteiger partial charge >= 0.3 is 0 Å². The molecule has 9 nitrogen and oxygen atoms in total. The van der Waals surface area contributed by atoms with Gasteiger partial charge in [-0.2, -0.15) is 5.26 Å². The van der Waals surface area contributed by atoms with Crippen LogP contribution >= 0.6 is 11.6 Å². The summed E-state index contributed by atoms with van der Waals surface area (Å²) >= 11 is 6.47. The topological polar surface area (TPSA) is 119 Å². The lowest BCUT2D eigenvalue weighted by atomic mass is 9.87. The van der Waals surface area contributed by atoms with E-state index in [1.165, 1.54) is 36.7 Å². The number of pyridine rings is 2. The maximum Gasteiger partial charge on any atom is 0.252 e. The summed E-state index contributed by atoms with van der Waals surface area (Å²) in [7, 11) is 0. The minimum Gasteiger partial charge on any atom is -0.351 e. The van der Waals surface area contributed by atoms with Crippen LogP contribution in [0, 0.1) is 17.1 Å². The van der Waals surface area contributed by atoms with Gasteiger partial charge in [-0.1, -0.05) is 29.8 Å². The van der Waals surface area contributed by atoms with Crippen LogP contribution in [-0.4, -0.2) is 45.7 Å². The third kappa shape index (κ3) is 5.71. The number of nitrogens with one attached hydrogen (secondary N) is 1. The number of carbonyl (C=O) groups excluding carboxylic acids is 3. The molecule has 2 atom stereocenters. The molecule has 1 saturated carbocycles. The fourth-order valence-electron chi connectivity index (χ4n) is 5.06. The molecule has 1 saturated heterocycles. The number of hydrogen-bond donors (Lipinski definition) is 1. The third-order valence-electron chi connectivity index (χ3n) is 6.97. The Bertz CT molecular complexity index is 1560. The Hall–Kier alpha value is -4.50. The number of hydrogen-bond acceptors (Lipinski definition) is 6. The first-order chi connectivity index (χ1) is 19.6. The standard InChI is InChI=1S/C28H22ClF3N6O3/c29-21-4-2-1-3-20(21)25(26(40)36-18-11-28(31,32)12-18)37(19-10-17(30)14-34-15-19)27(41)22-5-6-24(39)38(22)23-9-16(13-33)7-8-35-23/h1-4,7-10,14-15,18,22,25H,5-6,11-12H2,(H,36,40)/t22?,25-/m0/s1. The van der Waals surface area contributed by atoms with Crippen molar-refractivity contribution in [2.45, 2.75) is 49.7 Å². The number of nitriles is 1. The number of rotatable bonds is 7. The molecule has 1 unspecified atom stereocenters. The number of carbonyl (C=O) groups is 3. The van der Waals surface area contributed by atoms with Gasteiger partial charge < -0.3 is 5.32 Å². The molecule has 2 fully saturated rings. The molecule has 3 amide bonds. The maximum atomic E-state index is 14.4. The third-order valence-corrected chi connectivity index (χ3v) is 7.31. The molecule has 2 aliphatic rings. The summed E-state index contributed by atoms with van der Waals surface area (Å²) < 4.78 is 41.6. The summed E-state index contributed by atoms with van der Waals surface area (Å²) in [5, 5.41) is 12.0. The highest BCUT2D eigenvalue weighted by molar-refractivity contribution is 6.31. The highest BCUT2D eigenvalue weighted by Gasteiger charge is 2.48. The van der Waals surface area contributed by atoms with Gasteiger partial charge in [0.15, 0.2) is 0 Å². The van der Waals surface area contributed by atoms with Crippen molar-refractivity contribution in [3.8, 4) is 6.07 Å². The number of amides is 3. The van der Waals surface area contributed by atoms with Crippen LogP contribution in [0.25, 0.3) is 0 Å².